The third-order valence-corrected chi connectivity index (χ3v) is 2.51. The quantitative estimate of drug-likeness (QED) is 0.666. The molecule has 1 saturated carbocycles. The minimum atomic E-state index is -0.693. The van der Waals surface area contributed by atoms with Crippen molar-refractivity contribution in [3.8, 4) is 0 Å². The molecule has 0 spiro atoms. The highest BCUT2D eigenvalue weighted by molar-refractivity contribution is 5.76. The predicted octanol–water partition coefficient (Wildman–Crippen LogP) is 0.770. The van der Waals surface area contributed by atoms with Crippen LogP contribution in [0.3, 0.4) is 0 Å². The van der Waals surface area contributed by atoms with Crippen molar-refractivity contribution in [3.05, 3.63) is 0 Å². The molecule has 1 aliphatic carbocycles. The molecule has 1 N–H and O–H groups in total. The molecular formula is C9H17NO2. The summed E-state index contributed by atoms with van der Waals surface area (Å²) in [7, 11) is 3.45. The molecule has 0 saturated heterocycles. The molecule has 0 radical (unpaired) electrons. The van der Waals surface area contributed by atoms with Crippen molar-refractivity contribution in [2.75, 3.05) is 14.1 Å². The van der Waals surface area contributed by atoms with E-state index in [4.69, 9.17) is 0 Å². The second kappa shape index (κ2) is 3.44. The van der Waals surface area contributed by atoms with E-state index in [9.17, 15) is 9.90 Å². The van der Waals surface area contributed by atoms with E-state index in [2.05, 4.69) is 0 Å². The number of aliphatic hydroxyl groups is 1. The van der Waals surface area contributed by atoms with E-state index in [1.54, 1.807) is 14.1 Å². The fourth-order valence-electron chi connectivity index (χ4n) is 1.65. The van der Waals surface area contributed by atoms with Crippen LogP contribution < -0.4 is 0 Å². The summed E-state index contributed by atoms with van der Waals surface area (Å²) in [5, 5.41) is 9.86. The largest absolute Gasteiger partial charge is 0.389 e. The minimum Gasteiger partial charge on any atom is -0.389 e. The highest BCUT2D eigenvalue weighted by Gasteiger charge is 2.33. The Hall–Kier alpha value is -0.570. The molecular weight excluding hydrogens is 154 g/mol. The number of amides is 1. The molecule has 0 aromatic carbocycles. The van der Waals surface area contributed by atoms with Gasteiger partial charge in [0.25, 0.3) is 0 Å². The monoisotopic (exact) mass is 171 g/mol. The fourth-order valence-corrected chi connectivity index (χ4v) is 1.65. The molecule has 3 heteroatoms. The maximum atomic E-state index is 11.3. The zero-order valence-corrected chi connectivity index (χ0v) is 7.84. The maximum Gasteiger partial charge on any atom is 0.224 e. The lowest BCUT2D eigenvalue weighted by molar-refractivity contribution is -0.133. The fraction of sp³-hybridized carbons (Fsp3) is 0.889. The van der Waals surface area contributed by atoms with Gasteiger partial charge in [0.05, 0.1) is 12.0 Å². The van der Waals surface area contributed by atoms with Gasteiger partial charge in [-0.3, -0.25) is 4.79 Å². The molecule has 0 bridgehead atoms. The Morgan fingerprint density at radius 1 is 1.42 bits per heavy atom. The average molecular weight is 171 g/mol. The van der Waals surface area contributed by atoms with Gasteiger partial charge in [0.15, 0.2) is 0 Å². The summed E-state index contributed by atoms with van der Waals surface area (Å²) in [5.74, 6) is 0.0272. The van der Waals surface area contributed by atoms with Crippen molar-refractivity contribution in [2.45, 2.75) is 37.7 Å². The number of hydrogen-bond donors (Lipinski definition) is 1. The summed E-state index contributed by atoms with van der Waals surface area (Å²) in [5.41, 5.74) is -0.693. The van der Waals surface area contributed by atoms with Gasteiger partial charge in [-0.2, -0.15) is 0 Å². The third-order valence-electron chi connectivity index (χ3n) is 2.51. The molecule has 3 nitrogen and oxygen atoms in total. The summed E-state index contributed by atoms with van der Waals surface area (Å²) in [6, 6.07) is 0. The third kappa shape index (κ3) is 2.21. The molecule has 70 valence electrons. The highest BCUT2D eigenvalue weighted by Crippen LogP contribution is 2.32. The molecule has 0 aromatic heterocycles. The van der Waals surface area contributed by atoms with Crippen LogP contribution in [0.25, 0.3) is 0 Å². The molecule has 1 amide bonds. The summed E-state index contributed by atoms with van der Waals surface area (Å²) in [4.78, 5) is 12.8. The second-order valence-electron chi connectivity index (χ2n) is 3.90. The summed E-state index contributed by atoms with van der Waals surface area (Å²) < 4.78 is 0. The van der Waals surface area contributed by atoms with Crippen LogP contribution in [0.5, 0.6) is 0 Å². The van der Waals surface area contributed by atoms with Gasteiger partial charge in [-0.05, 0) is 12.8 Å². The van der Waals surface area contributed by atoms with Crippen LogP contribution in [-0.4, -0.2) is 35.6 Å². The summed E-state index contributed by atoms with van der Waals surface area (Å²) >= 11 is 0. The zero-order chi connectivity index (χ0) is 9.19. The molecule has 1 fully saturated rings. The number of carbonyl (C=O) groups excluding carboxylic acids is 1. The lowest BCUT2D eigenvalue weighted by atomic mass is 9.97. The van der Waals surface area contributed by atoms with Crippen LogP contribution in [0.2, 0.25) is 0 Å². The van der Waals surface area contributed by atoms with Crippen LogP contribution in [0, 0.1) is 0 Å². The van der Waals surface area contributed by atoms with E-state index in [0.717, 1.165) is 25.7 Å². The highest BCUT2D eigenvalue weighted by atomic mass is 16.3. The number of nitrogens with zero attached hydrogens (tertiary/aromatic N) is 1. The topological polar surface area (TPSA) is 40.5 Å². The first kappa shape index (κ1) is 9.52. The first-order chi connectivity index (χ1) is 5.53. The first-order valence-corrected chi connectivity index (χ1v) is 4.46. The Labute approximate surface area is 73.4 Å². The van der Waals surface area contributed by atoms with Crippen LogP contribution >= 0.6 is 0 Å². The second-order valence-corrected chi connectivity index (χ2v) is 3.90. The maximum absolute atomic E-state index is 11.3. The predicted molar refractivity (Wildman–Crippen MR) is 46.7 cm³/mol. The van der Waals surface area contributed by atoms with Crippen molar-refractivity contribution < 1.29 is 9.90 Å². The Balaban J connectivity index is 2.44. The van der Waals surface area contributed by atoms with Gasteiger partial charge in [0, 0.05) is 14.1 Å². The smallest absolute Gasteiger partial charge is 0.224 e. The molecule has 0 unspecified atom stereocenters. The Morgan fingerprint density at radius 2 is 1.92 bits per heavy atom. The molecule has 0 atom stereocenters. The first-order valence-electron chi connectivity index (χ1n) is 4.46. The molecule has 0 aromatic rings. The van der Waals surface area contributed by atoms with Gasteiger partial charge in [-0.15, -0.1) is 0 Å². The van der Waals surface area contributed by atoms with Crippen LogP contribution in [0.4, 0.5) is 0 Å². The number of rotatable bonds is 2. The normalized spacial score (nSPS) is 20.9. The average Bonchev–Trinajstić information content (AvgIpc) is 2.35. The molecule has 1 rings (SSSR count). The Kier molecular flexibility index (Phi) is 2.73. The standard InChI is InChI=1S/C9H17NO2/c1-10(2)8(11)7-9(12)5-3-4-6-9/h12H,3-7H2,1-2H3. The van der Waals surface area contributed by atoms with E-state index in [1.165, 1.54) is 4.90 Å². The van der Waals surface area contributed by atoms with Gasteiger partial charge >= 0.3 is 0 Å². The lowest BCUT2D eigenvalue weighted by Gasteiger charge is -2.23. The number of hydrogen-bond acceptors (Lipinski definition) is 2. The molecule has 0 heterocycles. The van der Waals surface area contributed by atoms with E-state index in [0.29, 0.717) is 6.42 Å². The van der Waals surface area contributed by atoms with Gasteiger partial charge in [0.1, 0.15) is 0 Å². The molecule has 12 heavy (non-hydrogen) atoms. The van der Waals surface area contributed by atoms with Crippen molar-refractivity contribution in [1.29, 1.82) is 0 Å². The van der Waals surface area contributed by atoms with Crippen molar-refractivity contribution in [3.63, 3.8) is 0 Å². The summed E-state index contributed by atoms with van der Waals surface area (Å²) in [6.45, 7) is 0. The lowest BCUT2D eigenvalue weighted by Crippen LogP contribution is -2.33. The van der Waals surface area contributed by atoms with Gasteiger partial charge in [-0.25, -0.2) is 0 Å². The van der Waals surface area contributed by atoms with E-state index in [1.807, 2.05) is 0 Å². The zero-order valence-electron chi connectivity index (χ0n) is 7.84. The Morgan fingerprint density at radius 3 is 2.33 bits per heavy atom. The molecule has 1 aliphatic rings. The van der Waals surface area contributed by atoms with Crippen LogP contribution in [0.15, 0.2) is 0 Å². The van der Waals surface area contributed by atoms with E-state index >= 15 is 0 Å². The van der Waals surface area contributed by atoms with E-state index < -0.39 is 5.60 Å². The minimum absolute atomic E-state index is 0.0272. The number of carbonyl (C=O) groups is 1. The van der Waals surface area contributed by atoms with Gasteiger partial charge in [-0.1, -0.05) is 12.8 Å². The summed E-state index contributed by atoms with van der Waals surface area (Å²) in [6.07, 6.45) is 3.97. The van der Waals surface area contributed by atoms with E-state index in [-0.39, 0.29) is 5.91 Å². The van der Waals surface area contributed by atoms with Crippen LogP contribution in [0.1, 0.15) is 32.1 Å². The van der Waals surface area contributed by atoms with Crippen LogP contribution in [-0.2, 0) is 4.79 Å². The van der Waals surface area contributed by atoms with Crippen molar-refractivity contribution in [2.24, 2.45) is 0 Å². The van der Waals surface area contributed by atoms with Crippen molar-refractivity contribution in [1.82, 2.24) is 4.90 Å². The van der Waals surface area contributed by atoms with Gasteiger partial charge in [0.2, 0.25) is 5.91 Å². The SMILES string of the molecule is CN(C)C(=O)CC1(O)CCCC1. The van der Waals surface area contributed by atoms with Gasteiger partial charge < -0.3 is 10.0 Å². The molecule has 0 aliphatic heterocycles. The Bertz CT molecular complexity index is 171. The van der Waals surface area contributed by atoms with Crippen molar-refractivity contribution >= 4 is 5.91 Å².